The van der Waals surface area contributed by atoms with Gasteiger partial charge in [0.25, 0.3) is 0 Å². The minimum atomic E-state index is 0.109. The fourth-order valence-corrected chi connectivity index (χ4v) is 1.83. The Morgan fingerprint density at radius 3 is 2.93 bits per heavy atom. The molecule has 0 bridgehead atoms. The van der Waals surface area contributed by atoms with Crippen LogP contribution < -0.4 is 10.6 Å². The average molecular weight is 199 g/mol. The van der Waals surface area contributed by atoms with Crippen LogP contribution in [0.25, 0.3) is 0 Å². The molecule has 1 rings (SSSR count). The maximum atomic E-state index is 10.9. The lowest BCUT2D eigenvalue weighted by Gasteiger charge is -2.19. The molecule has 14 heavy (non-hydrogen) atoms. The lowest BCUT2D eigenvalue weighted by molar-refractivity contribution is -0.120. The smallest absolute Gasteiger partial charge is 0.221 e. The van der Waals surface area contributed by atoms with Gasteiger partial charge in [0.1, 0.15) is 0 Å². The van der Waals surface area contributed by atoms with Crippen LogP contribution in [0.3, 0.4) is 0 Å². The van der Waals surface area contributed by atoms with Crippen LogP contribution in [-0.4, -0.2) is 50.6 Å². The highest BCUT2D eigenvalue weighted by Gasteiger charge is 2.19. The second-order valence-corrected chi connectivity index (χ2v) is 3.90. The summed E-state index contributed by atoms with van der Waals surface area (Å²) >= 11 is 0. The Hall–Kier alpha value is -0.610. The molecule has 4 nitrogen and oxygen atoms in total. The van der Waals surface area contributed by atoms with E-state index < -0.39 is 0 Å². The van der Waals surface area contributed by atoms with Gasteiger partial charge in [-0.15, -0.1) is 0 Å². The zero-order valence-corrected chi connectivity index (χ0v) is 9.18. The summed E-state index contributed by atoms with van der Waals surface area (Å²) in [6.07, 6.45) is 3.16. The van der Waals surface area contributed by atoms with E-state index >= 15 is 0 Å². The first-order valence-corrected chi connectivity index (χ1v) is 5.35. The van der Waals surface area contributed by atoms with E-state index in [2.05, 4.69) is 22.6 Å². The summed E-state index contributed by atoms with van der Waals surface area (Å²) in [5.41, 5.74) is 0. The van der Waals surface area contributed by atoms with Crippen molar-refractivity contribution in [1.29, 1.82) is 0 Å². The molecule has 4 heteroatoms. The predicted octanol–water partition coefficient (Wildman–Crippen LogP) is -0.194. The standard InChI is InChI=1S/C10H21N3O/c1-11-10(14)5-6-12-8-9-4-3-7-13(9)2/h9,12H,3-8H2,1-2H3,(H,11,14). The quantitative estimate of drug-likeness (QED) is 0.603. The molecule has 0 spiro atoms. The number of carbonyl (C=O) groups excluding carboxylic acids is 1. The van der Waals surface area contributed by atoms with Gasteiger partial charge in [-0.25, -0.2) is 0 Å². The van der Waals surface area contributed by atoms with Gasteiger partial charge in [-0.3, -0.25) is 4.79 Å². The first kappa shape index (κ1) is 11.5. The van der Waals surface area contributed by atoms with Crippen LogP contribution in [0.1, 0.15) is 19.3 Å². The van der Waals surface area contributed by atoms with Crippen LogP contribution in [0, 0.1) is 0 Å². The van der Waals surface area contributed by atoms with Gasteiger partial charge in [0, 0.05) is 32.6 Å². The van der Waals surface area contributed by atoms with Crippen molar-refractivity contribution in [3.05, 3.63) is 0 Å². The predicted molar refractivity (Wildman–Crippen MR) is 57.2 cm³/mol. The molecular formula is C10H21N3O. The number of hydrogen-bond donors (Lipinski definition) is 2. The van der Waals surface area contributed by atoms with Gasteiger partial charge < -0.3 is 15.5 Å². The number of likely N-dealkylation sites (tertiary alicyclic amines) is 1. The first-order chi connectivity index (χ1) is 6.74. The lowest BCUT2D eigenvalue weighted by Crippen LogP contribution is -2.36. The first-order valence-electron chi connectivity index (χ1n) is 5.35. The van der Waals surface area contributed by atoms with Crippen molar-refractivity contribution in [2.24, 2.45) is 0 Å². The second kappa shape index (κ2) is 5.98. The molecule has 0 aliphatic carbocycles. The van der Waals surface area contributed by atoms with Gasteiger partial charge >= 0.3 is 0 Å². The molecule has 0 aromatic heterocycles. The molecule has 1 atom stereocenters. The number of nitrogens with one attached hydrogen (secondary N) is 2. The van der Waals surface area contributed by atoms with E-state index in [-0.39, 0.29) is 5.91 Å². The number of nitrogens with zero attached hydrogens (tertiary/aromatic N) is 1. The zero-order valence-electron chi connectivity index (χ0n) is 9.18. The summed E-state index contributed by atoms with van der Waals surface area (Å²) in [4.78, 5) is 13.3. The fourth-order valence-electron chi connectivity index (χ4n) is 1.83. The Bertz CT molecular complexity index is 184. The summed E-state index contributed by atoms with van der Waals surface area (Å²) in [5, 5.41) is 5.93. The third-order valence-corrected chi connectivity index (χ3v) is 2.86. The van der Waals surface area contributed by atoms with Crippen molar-refractivity contribution in [2.75, 3.05) is 33.7 Å². The molecule has 1 amide bonds. The Morgan fingerprint density at radius 2 is 2.36 bits per heavy atom. The molecule has 0 aromatic rings. The van der Waals surface area contributed by atoms with Crippen LogP contribution >= 0.6 is 0 Å². The maximum Gasteiger partial charge on any atom is 0.221 e. The van der Waals surface area contributed by atoms with Crippen molar-refractivity contribution in [3.63, 3.8) is 0 Å². The van der Waals surface area contributed by atoms with E-state index in [9.17, 15) is 4.79 Å². The molecule has 0 radical (unpaired) electrons. The van der Waals surface area contributed by atoms with Crippen LogP contribution in [0.2, 0.25) is 0 Å². The van der Waals surface area contributed by atoms with Crippen molar-refractivity contribution in [1.82, 2.24) is 15.5 Å². The maximum absolute atomic E-state index is 10.9. The van der Waals surface area contributed by atoms with Gasteiger partial charge in [0.2, 0.25) is 5.91 Å². The zero-order chi connectivity index (χ0) is 10.4. The monoisotopic (exact) mass is 199 g/mol. The largest absolute Gasteiger partial charge is 0.359 e. The van der Waals surface area contributed by atoms with Gasteiger partial charge in [-0.1, -0.05) is 0 Å². The molecule has 1 heterocycles. The topological polar surface area (TPSA) is 44.4 Å². The SMILES string of the molecule is CNC(=O)CCNCC1CCCN1C. The highest BCUT2D eigenvalue weighted by Crippen LogP contribution is 2.13. The lowest BCUT2D eigenvalue weighted by atomic mass is 10.2. The van der Waals surface area contributed by atoms with Crippen LogP contribution in [0.15, 0.2) is 0 Å². The van der Waals surface area contributed by atoms with Crippen LogP contribution in [-0.2, 0) is 4.79 Å². The third kappa shape index (κ3) is 3.64. The van der Waals surface area contributed by atoms with Crippen molar-refractivity contribution in [3.8, 4) is 0 Å². The van der Waals surface area contributed by atoms with E-state index in [1.807, 2.05) is 0 Å². The molecule has 2 N–H and O–H groups in total. The fraction of sp³-hybridized carbons (Fsp3) is 0.900. The van der Waals surface area contributed by atoms with Crippen LogP contribution in [0.4, 0.5) is 0 Å². The third-order valence-electron chi connectivity index (χ3n) is 2.86. The second-order valence-electron chi connectivity index (χ2n) is 3.90. The van der Waals surface area contributed by atoms with E-state index in [0.717, 1.165) is 13.1 Å². The van der Waals surface area contributed by atoms with Gasteiger partial charge in [0.15, 0.2) is 0 Å². The minimum Gasteiger partial charge on any atom is -0.359 e. The Labute approximate surface area is 86.0 Å². The van der Waals surface area contributed by atoms with Crippen molar-refractivity contribution in [2.45, 2.75) is 25.3 Å². The number of amides is 1. The molecule has 0 aromatic carbocycles. The summed E-state index contributed by atoms with van der Waals surface area (Å²) < 4.78 is 0. The molecule has 1 fully saturated rings. The minimum absolute atomic E-state index is 0.109. The number of carbonyl (C=O) groups is 1. The molecule has 0 saturated carbocycles. The summed E-state index contributed by atoms with van der Waals surface area (Å²) in [6, 6.07) is 0.666. The van der Waals surface area contributed by atoms with E-state index in [4.69, 9.17) is 0 Å². The normalized spacial score (nSPS) is 22.6. The van der Waals surface area contributed by atoms with Crippen molar-refractivity contribution >= 4 is 5.91 Å². The van der Waals surface area contributed by atoms with Gasteiger partial charge in [-0.2, -0.15) is 0 Å². The van der Waals surface area contributed by atoms with Crippen molar-refractivity contribution < 1.29 is 4.79 Å². The summed E-state index contributed by atoms with van der Waals surface area (Å²) in [6.45, 7) is 3.00. The summed E-state index contributed by atoms with van der Waals surface area (Å²) in [5.74, 6) is 0.109. The Kier molecular flexibility index (Phi) is 4.90. The van der Waals surface area contributed by atoms with E-state index in [0.29, 0.717) is 12.5 Å². The van der Waals surface area contributed by atoms with E-state index in [1.165, 1.54) is 19.4 Å². The molecule has 1 unspecified atom stereocenters. The van der Waals surface area contributed by atoms with Gasteiger partial charge in [-0.05, 0) is 26.4 Å². The Morgan fingerprint density at radius 1 is 1.57 bits per heavy atom. The van der Waals surface area contributed by atoms with Crippen LogP contribution in [0.5, 0.6) is 0 Å². The number of likely N-dealkylation sites (N-methyl/N-ethyl adjacent to an activating group) is 1. The molecule has 1 aliphatic heterocycles. The number of hydrogen-bond acceptors (Lipinski definition) is 3. The number of rotatable bonds is 5. The molecular weight excluding hydrogens is 178 g/mol. The molecule has 1 aliphatic rings. The molecule has 1 saturated heterocycles. The highest BCUT2D eigenvalue weighted by molar-refractivity contribution is 5.75. The van der Waals surface area contributed by atoms with E-state index in [1.54, 1.807) is 7.05 Å². The summed E-state index contributed by atoms with van der Waals surface area (Å²) in [7, 11) is 3.84. The van der Waals surface area contributed by atoms with Gasteiger partial charge in [0.05, 0.1) is 0 Å². The highest BCUT2D eigenvalue weighted by atomic mass is 16.1. The average Bonchev–Trinajstić information content (AvgIpc) is 2.58. The Balaban J connectivity index is 2.01. The molecule has 82 valence electrons.